The molecular formula is C8H15NO2. The van der Waals surface area contributed by atoms with Crippen LogP contribution in [0.2, 0.25) is 0 Å². The van der Waals surface area contributed by atoms with Gasteiger partial charge < -0.3 is 10.4 Å². The molecule has 0 aromatic carbocycles. The highest BCUT2D eigenvalue weighted by atomic mass is 16.3. The van der Waals surface area contributed by atoms with Crippen molar-refractivity contribution >= 4 is 5.91 Å². The van der Waals surface area contributed by atoms with Crippen LogP contribution >= 0.6 is 0 Å². The lowest BCUT2D eigenvalue weighted by atomic mass is 10.2. The normalized spacial score (nSPS) is 14.4. The van der Waals surface area contributed by atoms with Crippen molar-refractivity contribution < 1.29 is 9.90 Å². The van der Waals surface area contributed by atoms with Crippen LogP contribution < -0.4 is 5.32 Å². The highest BCUT2D eigenvalue weighted by Gasteiger charge is 1.99. The summed E-state index contributed by atoms with van der Waals surface area (Å²) in [5.74, 6) is -0.0920. The number of likely N-dealkylation sites (N-methyl/N-ethyl adjacent to an activating group) is 1. The zero-order chi connectivity index (χ0) is 8.85. The molecule has 0 fully saturated rings. The molecule has 0 rings (SSSR count). The van der Waals surface area contributed by atoms with Crippen LogP contribution in [0.5, 0.6) is 0 Å². The van der Waals surface area contributed by atoms with Gasteiger partial charge in [0.15, 0.2) is 0 Å². The lowest BCUT2D eigenvalue weighted by Gasteiger charge is -2.00. The highest BCUT2D eigenvalue weighted by Crippen LogP contribution is 1.98. The Bertz CT molecular complexity index is 161. The number of carbonyl (C=O) groups is 1. The predicted molar refractivity (Wildman–Crippen MR) is 44.1 cm³/mol. The van der Waals surface area contributed by atoms with Crippen molar-refractivity contribution in [3.05, 3.63) is 11.6 Å². The standard InChI is InChI=1S/C8H15NO2/c1-6(8(11)9-3)4-5-7(2)10/h4,7,10H,5H2,1-3H3,(H,9,11). The summed E-state index contributed by atoms with van der Waals surface area (Å²) in [5.41, 5.74) is 0.647. The second kappa shape index (κ2) is 4.91. The molecule has 0 aliphatic rings. The van der Waals surface area contributed by atoms with Crippen LogP contribution in [0.1, 0.15) is 20.3 Å². The number of nitrogens with one attached hydrogen (secondary N) is 1. The van der Waals surface area contributed by atoms with Gasteiger partial charge in [0.2, 0.25) is 5.91 Å². The Morgan fingerprint density at radius 3 is 2.64 bits per heavy atom. The molecular weight excluding hydrogens is 142 g/mol. The maximum Gasteiger partial charge on any atom is 0.246 e. The fourth-order valence-corrected chi connectivity index (χ4v) is 0.637. The molecule has 11 heavy (non-hydrogen) atoms. The third-order valence-corrected chi connectivity index (χ3v) is 1.35. The quantitative estimate of drug-likeness (QED) is 0.584. The van der Waals surface area contributed by atoms with E-state index in [1.54, 1.807) is 27.0 Å². The van der Waals surface area contributed by atoms with Gasteiger partial charge in [0, 0.05) is 12.6 Å². The molecule has 1 amide bonds. The molecule has 0 saturated heterocycles. The van der Waals surface area contributed by atoms with Gasteiger partial charge >= 0.3 is 0 Å². The van der Waals surface area contributed by atoms with E-state index in [1.807, 2.05) is 0 Å². The second-order valence-electron chi connectivity index (χ2n) is 2.55. The van der Waals surface area contributed by atoms with Crippen LogP contribution in [0.3, 0.4) is 0 Å². The lowest BCUT2D eigenvalue weighted by Crippen LogP contribution is -2.18. The predicted octanol–water partition coefficient (Wildman–Crippen LogP) is 0.450. The topological polar surface area (TPSA) is 49.3 Å². The average molecular weight is 157 g/mol. The van der Waals surface area contributed by atoms with Crippen LogP contribution in [-0.4, -0.2) is 24.2 Å². The van der Waals surface area contributed by atoms with Crippen molar-refractivity contribution in [2.45, 2.75) is 26.4 Å². The fraction of sp³-hybridized carbons (Fsp3) is 0.625. The molecule has 0 aromatic heterocycles. The number of rotatable bonds is 3. The van der Waals surface area contributed by atoms with Gasteiger partial charge in [0.1, 0.15) is 0 Å². The van der Waals surface area contributed by atoms with E-state index >= 15 is 0 Å². The molecule has 3 nitrogen and oxygen atoms in total. The van der Waals surface area contributed by atoms with Crippen molar-refractivity contribution in [1.82, 2.24) is 5.32 Å². The van der Waals surface area contributed by atoms with Gasteiger partial charge in [0.25, 0.3) is 0 Å². The van der Waals surface area contributed by atoms with Crippen LogP contribution in [0, 0.1) is 0 Å². The first-order valence-corrected chi connectivity index (χ1v) is 3.64. The summed E-state index contributed by atoms with van der Waals surface area (Å²) in [4.78, 5) is 10.9. The van der Waals surface area contributed by atoms with Crippen molar-refractivity contribution in [2.24, 2.45) is 0 Å². The summed E-state index contributed by atoms with van der Waals surface area (Å²) in [7, 11) is 1.59. The fourth-order valence-electron chi connectivity index (χ4n) is 0.637. The van der Waals surface area contributed by atoms with Crippen LogP contribution in [0.25, 0.3) is 0 Å². The molecule has 0 saturated carbocycles. The summed E-state index contributed by atoms with van der Waals surface area (Å²) < 4.78 is 0. The molecule has 0 heterocycles. The van der Waals surface area contributed by atoms with E-state index in [4.69, 9.17) is 5.11 Å². The molecule has 1 atom stereocenters. The molecule has 0 aromatic rings. The van der Waals surface area contributed by atoms with E-state index in [2.05, 4.69) is 5.32 Å². The van der Waals surface area contributed by atoms with Gasteiger partial charge in [-0.3, -0.25) is 4.79 Å². The Morgan fingerprint density at radius 2 is 2.27 bits per heavy atom. The smallest absolute Gasteiger partial charge is 0.246 e. The minimum Gasteiger partial charge on any atom is -0.393 e. The van der Waals surface area contributed by atoms with Crippen molar-refractivity contribution in [1.29, 1.82) is 0 Å². The van der Waals surface area contributed by atoms with Crippen molar-refractivity contribution in [3.63, 3.8) is 0 Å². The maximum absolute atomic E-state index is 10.9. The van der Waals surface area contributed by atoms with Crippen molar-refractivity contribution in [3.8, 4) is 0 Å². The summed E-state index contributed by atoms with van der Waals surface area (Å²) in [5, 5.41) is 11.4. The minimum atomic E-state index is -0.380. The first kappa shape index (κ1) is 10.2. The number of carbonyl (C=O) groups excluding carboxylic acids is 1. The van der Waals surface area contributed by atoms with E-state index in [-0.39, 0.29) is 12.0 Å². The molecule has 0 aliphatic heterocycles. The van der Waals surface area contributed by atoms with E-state index < -0.39 is 0 Å². The second-order valence-corrected chi connectivity index (χ2v) is 2.55. The molecule has 3 heteroatoms. The largest absolute Gasteiger partial charge is 0.393 e. The number of hydrogen-bond donors (Lipinski definition) is 2. The first-order valence-electron chi connectivity index (χ1n) is 3.64. The van der Waals surface area contributed by atoms with Crippen molar-refractivity contribution in [2.75, 3.05) is 7.05 Å². The summed E-state index contributed by atoms with van der Waals surface area (Å²) in [6.45, 7) is 3.41. The van der Waals surface area contributed by atoms with Gasteiger partial charge in [0.05, 0.1) is 6.10 Å². The van der Waals surface area contributed by atoms with Crippen LogP contribution in [0.4, 0.5) is 0 Å². The Kier molecular flexibility index (Phi) is 4.54. The lowest BCUT2D eigenvalue weighted by molar-refractivity contribution is -0.117. The SMILES string of the molecule is CNC(=O)C(C)=CCC(C)O. The van der Waals surface area contributed by atoms with Gasteiger partial charge in [-0.05, 0) is 20.3 Å². The third-order valence-electron chi connectivity index (χ3n) is 1.35. The van der Waals surface area contributed by atoms with Gasteiger partial charge in [-0.2, -0.15) is 0 Å². The molecule has 0 spiro atoms. The average Bonchev–Trinajstić information content (AvgIpc) is 1.98. The highest BCUT2D eigenvalue weighted by molar-refractivity contribution is 5.92. The molecule has 1 unspecified atom stereocenters. The third kappa shape index (κ3) is 4.56. The number of hydrogen-bond acceptors (Lipinski definition) is 2. The summed E-state index contributed by atoms with van der Waals surface area (Å²) in [6.07, 6.45) is 1.87. The zero-order valence-electron chi connectivity index (χ0n) is 7.22. The Balaban J connectivity index is 3.90. The molecule has 0 bridgehead atoms. The first-order chi connectivity index (χ1) is 5.07. The molecule has 0 aliphatic carbocycles. The van der Waals surface area contributed by atoms with Gasteiger partial charge in [-0.1, -0.05) is 6.08 Å². The monoisotopic (exact) mass is 157 g/mol. The summed E-state index contributed by atoms with van der Waals surface area (Å²) >= 11 is 0. The Labute approximate surface area is 67.1 Å². The van der Waals surface area contributed by atoms with E-state index in [1.165, 1.54) is 0 Å². The van der Waals surface area contributed by atoms with E-state index in [0.717, 1.165) is 0 Å². The molecule has 0 radical (unpaired) electrons. The van der Waals surface area contributed by atoms with Crippen LogP contribution in [0.15, 0.2) is 11.6 Å². The van der Waals surface area contributed by atoms with E-state index in [9.17, 15) is 4.79 Å². The zero-order valence-corrected chi connectivity index (χ0v) is 7.22. The molecule has 2 N–H and O–H groups in total. The summed E-state index contributed by atoms with van der Waals surface area (Å²) in [6, 6.07) is 0. The number of amides is 1. The van der Waals surface area contributed by atoms with Crippen LogP contribution in [-0.2, 0) is 4.79 Å². The van der Waals surface area contributed by atoms with Gasteiger partial charge in [-0.15, -0.1) is 0 Å². The number of aliphatic hydroxyl groups is 1. The maximum atomic E-state index is 10.9. The number of aliphatic hydroxyl groups excluding tert-OH is 1. The van der Waals surface area contributed by atoms with E-state index in [0.29, 0.717) is 12.0 Å². The van der Waals surface area contributed by atoms with Gasteiger partial charge in [-0.25, -0.2) is 0 Å². The Morgan fingerprint density at radius 1 is 1.73 bits per heavy atom. The molecule has 64 valence electrons. The minimum absolute atomic E-state index is 0.0920. The Hall–Kier alpha value is -0.830.